The molecule has 0 radical (unpaired) electrons. The molecule has 0 aliphatic rings. The number of benzene rings is 2. The van der Waals surface area contributed by atoms with Gasteiger partial charge in [0.2, 0.25) is 0 Å². The zero-order valence-corrected chi connectivity index (χ0v) is 19.3. The molecule has 2 aromatic carbocycles. The maximum atomic E-state index is 4.81. The van der Waals surface area contributed by atoms with Crippen molar-refractivity contribution in [3.8, 4) is 0 Å². The van der Waals surface area contributed by atoms with Crippen molar-refractivity contribution in [3.05, 3.63) is 82.9 Å². The van der Waals surface area contributed by atoms with Gasteiger partial charge in [-0.2, -0.15) is 0 Å². The molecule has 164 valence electrons. The molecule has 0 aliphatic heterocycles. The number of aryl methyl sites for hydroxylation is 2. The van der Waals surface area contributed by atoms with Gasteiger partial charge in [0.05, 0.1) is 13.1 Å². The molecule has 0 aliphatic carbocycles. The van der Waals surface area contributed by atoms with Crippen LogP contribution in [0.25, 0.3) is 0 Å². The van der Waals surface area contributed by atoms with E-state index in [1.807, 2.05) is 36.7 Å². The van der Waals surface area contributed by atoms with Crippen molar-refractivity contribution in [2.45, 2.75) is 52.6 Å². The summed E-state index contributed by atoms with van der Waals surface area (Å²) in [6.45, 7) is 10.6. The van der Waals surface area contributed by atoms with E-state index in [4.69, 9.17) is 4.99 Å². The molecule has 1 heterocycles. The Bertz CT molecular complexity index is 987. The molecule has 0 saturated carbocycles. The lowest BCUT2D eigenvalue weighted by atomic mass is 9.84. The Morgan fingerprint density at radius 3 is 2.29 bits per heavy atom. The number of guanidine groups is 1. The first-order chi connectivity index (χ1) is 14.9. The molecule has 0 spiro atoms. The minimum atomic E-state index is -0.0389. The molecular formula is C25H34N6. The number of aromatic nitrogens is 3. The molecule has 1 aromatic heterocycles. The molecule has 3 aromatic rings. The quantitative estimate of drug-likeness (QED) is 0.430. The Labute approximate surface area is 185 Å². The standard InChI is InChI=1S/C25H34N6/c1-6-20-12-14-22(15-13-20)25(3,4)18-28-24(26-16-21-10-8-7-9-11-21)27-17-23-30-29-19(2)31(23)5/h7-15H,6,16-18H2,1-5H3,(H2,26,27,28). The second kappa shape index (κ2) is 10.2. The number of hydrogen-bond donors (Lipinski definition) is 2. The summed E-state index contributed by atoms with van der Waals surface area (Å²) >= 11 is 0. The van der Waals surface area contributed by atoms with Crippen LogP contribution in [0.1, 0.15) is 49.1 Å². The summed E-state index contributed by atoms with van der Waals surface area (Å²) in [4.78, 5) is 4.81. The van der Waals surface area contributed by atoms with E-state index in [1.54, 1.807) is 0 Å². The first-order valence-corrected chi connectivity index (χ1v) is 10.9. The van der Waals surface area contributed by atoms with Gasteiger partial charge in [-0.25, -0.2) is 4.99 Å². The molecule has 0 unspecified atom stereocenters. The molecule has 0 atom stereocenters. The van der Waals surface area contributed by atoms with Gasteiger partial charge in [0.25, 0.3) is 0 Å². The molecule has 31 heavy (non-hydrogen) atoms. The SMILES string of the molecule is CCc1ccc(C(C)(C)CNC(=NCc2ccccc2)NCc2nnc(C)n2C)cc1. The van der Waals surface area contributed by atoms with Gasteiger partial charge in [0.1, 0.15) is 5.82 Å². The summed E-state index contributed by atoms with van der Waals surface area (Å²) in [6.07, 6.45) is 1.06. The Balaban J connectivity index is 1.70. The van der Waals surface area contributed by atoms with Crippen LogP contribution in [0.2, 0.25) is 0 Å². The van der Waals surface area contributed by atoms with E-state index in [0.29, 0.717) is 13.1 Å². The largest absolute Gasteiger partial charge is 0.356 e. The van der Waals surface area contributed by atoms with E-state index in [2.05, 4.69) is 78.0 Å². The highest BCUT2D eigenvalue weighted by Crippen LogP contribution is 2.22. The first kappa shape index (κ1) is 22.5. The van der Waals surface area contributed by atoms with Gasteiger partial charge in [0.15, 0.2) is 11.8 Å². The van der Waals surface area contributed by atoms with Crippen LogP contribution in [0.4, 0.5) is 0 Å². The van der Waals surface area contributed by atoms with Gasteiger partial charge in [-0.05, 0) is 30.0 Å². The number of aliphatic imine (C=N–C) groups is 1. The summed E-state index contributed by atoms with van der Waals surface area (Å²) in [7, 11) is 1.98. The Kier molecular flexibility index (Phi) is 7.45. The lowest BCUT2D eigenvalue weighted by molar-refractivity contribution is 0.507. The topological polar surface area (TPSA) is 67.1 Å². The molecule has 6 nitrogen and oxygen atoms in total. The van der Waals surface area contributed by atoms with Gasteiger partial charge < -0.3 is 15.2 Å². The van der Waals surface area contributed by atoms with Crippen molar-refractivity contribution >= 4 is 5.96 Å². The molecule has 6 heteroatoms. The zero-order chi connectivity index (χ0) is 22.3. The van der Waals surface area contributed by atoms with Gasteiger partial charge >= 0.3 is 0 Å². The fourth-order valence-corrected chi connectivity index (χ4v) is 3.29. The van der Waals surface area contributed by atoms with Crippen LogP contribution in [0.5, 0.6) is 0 Å². The maximum Gasteiger partial charge on any atom is 0.192 e. The average Bonchev–Trinajstić information content (AvgIpc) is 3.11. The number of nitrogens with zero attached hydrogens (tertiary/aromatic N) is 4. The first-order valence-electron chi connectivity index (χ1n) is 10.9. The molecule has 0 saturated heterocycles. The third-order valence-corrected chi connectivity index (χ3v) is 5.70. The van der Waals surface area contributed by atoms with Crippen LogP contribution in [-0.4, -0.2) is 27.3 Å². The van der Waals surface area contributed by atoms with Crippen LogP contribution in [0, 0.1) is 6.92 Å². The fourth-order valence-electron chi connectivity index (χ4n) is 3.29. The third-order valence-electron chi connectivity index (χ3n) is 5.70. The summed E-state index contributed by atoms with van der Waals surface area (Å²) < 4.78 is 1.99. The van der Waals surface area contributed by atoms with Crippen LogP contribution in [0.15, 0.2) is 59.6 Å². The predicted molar refractivity (Wildman–Crippen MR) is 127 cm³/mol. The number of nitrogens with one attached hydrogen (secondary N) is 2. The fraction of sp³-hybridized carbons (Fsp3) is 0.400. The van der Waals surface area contributed by atoms with Gasteiger partial charge in [-0.1, -0.05) is 75.4 Å². The average molecular weight is 419 g/mol. The van der Waals surface area contributed by atoms with E-state index in [9.17, 15) is 0 Å². The molecule has 0 bridgehead atoms. The van der Waals surface area contributed by atoms with Crippen molar-refractivity contribution in [3.63, 3.8) is 0 Å². The lowest BCUT2D eigenvalue weighted by Crippen LogP contribution is -2.43. The second-order valence-electron chi connectivity index (χ2n) is 8.51. The predicted octanol–water partition coefficient (Wildman–Crippen LogP) is 3.90. The Morgan fingerprint density at radius 2 is 1.68 bits per heavy atom. The van der Waals surface area contributed by atoms with E-state index in [1.165, 1.54) is 16.7 Å². The summed E-state index contributed by atoms with van der Waals surface area (Å²) in [5.74, 6) is 2.54. The van der Waals surface area contributed by atoms with Crippen LogP contribution >= 0.6 is 0 Å². The minimum Gasteiger partial charge on any atom is -0.356 e. The van der Waals surface area contributed by atoms with E-state index in [-0.39, 0.29) is 5.41 Å². The summed E-state index contributed by atoms with van der Waals surface area (Å²) in [5, 5.41) is 15.3. The van der Waals surface area contributed by atoms with Gasteiger partial charge in [-0.3, -0.25) is 0 Å². The Morgan fingerprint density at radius 1 is 0.968 bits per heavy atom. The number of rotatable bonds is 8. The Hall–Kier alpha value is -3.15. The molecule has 2 N–H and O–H groups in total. The molecule has 3 rings (SSSR count). The van der Waals surface area contributed by atoms with E-state index < -0.39 is 0 Å². The minimum absolute atomic E-state index is 0.0389. The zero-order valence-electron chi connectivity index (χ0n) is 19.3. The van der Waals surface area contributed by atoms with Crippen molar-refractivity contribution in [2.75, 3.05) is 6.54 Å². The summed E-state index contributed by atoms with van der Waals surface area (Å²) in [5.41, 5.74) is 3.80. The van der Waals surface area contributed by atoms with Crippen LogP contribution < -0.4 is 10.6 Å². The van der Waals surface area contributed by atoms with Crippen molar-refractivity contribution in [1.29, 1.82) is 0 Å². The lowest BCUT2D eigenvalue weighted by Gasteiger charge is -2.27. The highest BCUT2D eigenvalue weighted by Gasteiger charge is 2.21. The molecule has 0 fully saturated rings. The highest BCUT2D eigenvalue weighted by molar-refractivity contribution is 5.79. The molecular weight excluding hydrogens is 384 g/mol. The highest BCUT2D eigenvalue weighted by atomic mass is 15.3. The maximum absolute atomic E-state index is 4.81. The normalized spacial score (nSPS) is 12.1. The van der Waals surface area contributed by atoms with Gasteiger partial charge in [0, 0.05) is 19.0 Å². The van der Waals surface area contributed by atoms with E-state index in [0.717, 1.165) is 30.6 Å². The second-order valence-corrected chi connectivity index (χ2v) is 8.51. The van der Waals surface area contributed by atoms with Crippen molar-refractivity contribution in [2.24, 2.45) is 12.0 Å². The molecule has 0 amide bonds. The number of hydrogen-bond acceptors (Lipinski definition) is 3. The van der Waals surface area contributed by atoms with Gasteiger partial charge in [-0.15, -0.1) is 10.2 Å². The van der Waals surface area contributed by atoms with Crippen molar-refractivity contribution in [1.82, 2.24) is 25.4 Å². The van der Waals surface area contributed by atoms with Crippen LogP contribution in [0.3, 0.4) is 0 Å². The third kappa shape index (κ3) is 6.17. The van der Waals surface area contributed by atoms with Crippen LogP contribution in [-0.2, 0) is 32.0 Å². The van der Waals surface area contributed by atoms with E-state index >= 15 is 0 Å². The van der Waals surface area contributed by atoms with Crippen molar-refractivity contribution < 1.29 is 0 Å². The summed E-state index contributed by atoms with van der Waals surface area (Å²) in [6, 6.07) is 19.2. The smallest absolute Gasteiger partial charge is 0.192 e. The monoisotopic (exact) mass is 418 g/mol.